The molecule has 0 saturated carbocycles. The fourth-order valence-corrected chi connectivity index (χ4v) is 3.89. The second-order valence-electron chi connectivity index (χ2n) is 2.20. The average Bonchev–Trinajstić information content (AvgIpc) is 2.05. The van der Waals surface area contributed by atoms with E-state index in [0.29, 0.717) is 19.8 Å². The Hall–Kier alpha value is 0.677. The summed E-state index contributed by atoms with van der Waals surface area (Å²) in [5, 5.41) is 0. The van der Waals surface area contributed by atoms with Gasteiger partial charge in [-0.2, -0.15) is 0 Å². The van der Waals surface area contributed by atoms with Crippen molar-refractivity contribution in [2.75, 3.05) is 19.8 Å². The van der Waals surface area contributed by atoms with E-state index in [2.05, 4.69) is 0 Å². The molecule has 0 aliphatic carbocycles. The maximum absolute atomic E-state index is 5.79. The molecule has 0 rings (SSSR count). The monoisotopic (exact) mass is 246 g/mol. The number of hydrogen-bond donors (Lipinski definition) is 0. The van der Waals surface area contributed by atoms with Gasteiger partial charge in [0.15, 0.2) is 4.46 Å². The molecule has 0 spiro atoms. The molecule has 0 unspecified atom stereocenters. The summed E-state index contributed by atoms with van der Waals surface area (Å²) in [4.78, 5) is 0. The van der Waals surface area contributed by atoms with Crippen LogP contribution in [-0.4, -0.2) is 33.1 Å². The lowest BCUT2D eigenvalue weighted by Crippen LogP contribution is -2.52. The Morgan fingerprint density at radius 1 is 0.923 bits per heavy atom. The first-order valence-electron chi connectivity index (χ1n) is 4.32. The van der Waals surface area contributed by atoms with Crippen LogP contribution in [0.3, 0.4) is 0 Å². The van der Waals surface area contributed by atoms with E-state index < -0.39 is 13.3 Å². The Balaban J connectivity index is 4.38. The number of hydrogen-bond acceptors (Lipinski definition) is 3. The van der Waals surface area contributed by atoms with Gasteiger partial charge in [-0.25, -0.2) is 0 Å². The van der Waals surface area contributed by atoms with E-state index in [4.69, 9.17) is 36.5 Å². The molecule has 0 aliphatic heterocycles. The minimum Gasteiger partial charge on any atom is -0.372 e. The second-order valence-corrected chi connectivity index (χ2v) is 6.68. The van der Waals surface area contributed by atoms with Gasteiger partial charge in [-0.1, -0.05) is 0 Å². The van der Waals surface area contributed by atoms with E-state index in [0.717, 1.165) is 0 Å². The molecule has 0 amide bonds. The van der Waals surface area contributed by atoms with Gasteiger partial charge in [-0.3, -0.25) is 0 Å². The van der Waals surface area contributed by atoms with Gasteiger partial charge in [0, 0.05) is 19.8 Å². The van der Waals surface area contributed by atoms with Crippen LogP contribution in [0.25, 0.3) is 0 Å². The van der Waals surface area contributed by atoms with Crippen LogP contribution < -0.4 is 0 Å². The smallest absolute Gasteiger partial charge is 0.372 e. The zero-order valence-electron chi connectivity index (χ0n) is 8.18. The molecule has 80 valence electrons. The molecule has 0 aromatic heterocycles. The molecule has 0 aromatic rings. The van der Waals surface area contributed by atoms with Gasteiger partial charge in [-0.15, -0.1) is 23.2 Å². The lowest BCUT2D eigenvalue weighted by atomic mass is 10.9. The zero-order valence-corrected chi connectivity index (χ0v) is 10.7. The molecular formula is C7H16Cl2O3Si. The van der Waals surface area contributed by atoms with Crippen LogP contribution in [0.1, 0.15) is 20.8 Å². The topological polar surface area (TPSA) is 27.7 Å². The van der Waals surface area contributed by atoms with E-state index in [9.17, 15) is 0 Å². The van der Waals surface area contributed by atoms with Crippen LogP contribution >= 0.6 is 23.2 Å². The van der Waals surface area contributed by atoms with Crippen LogP contribution in [0.2, 0.25) is 0 Å². The van der Waals surface area contributed by atoms with Crippen LogP contribution in [0, 0.1) is 0 Å². The van der Waals surface area contributed by atoms with Crippen molar-refractivity contribution in [1.82, 2.24) is 0 Å². The van der Waals surface area contributed by atoms with Crippen LogP contribution in [-0.2, 0) is 13.3 Å². The van der Waals surface area contributed by atoms with Crippen molar-refractivity contribution in [2.24, 2.45) is 0 Å². The lowest BCUT2D eigenvalue weighted by Gasteiger charge is -2.28. The minimum absolute atomic E-state index is 0.488. The summed E-state index contributed by atoms with van der Waals surface area (Å²) in [5.41, 5.74) is 0. The Labute approximate surface area is 90.6 Å². The highest BCUT2D eigenvalue weighted by molar-refractivity contribution is 6.81. The number of alkyl halides is 2. The average molecular weight is 247 g/mol. The summed E-state index contributed by atoms with van der Waals surface area (Å²) >= 11 is 11.6. The zero-order chi connectivity index (χ0) is 10.3. The first-order valence-corrected chi connectivity index (χ1v) is 7.00. The Morgan fingerprint density at radius 2 is 1.23 bits per heavy atom. The summed E-state index contributed by atoms with van der Waals surface area (Å²) in [6.45, 7) is 7.04. The summed E-state index contributed by atoms with van der Waals surface area (Å²) in [5.74, 6) is 0. The Bertz CT molecular complexity index is 118. The standard InChI is InChI=1S/C7H16Cl2O3Si/c1-4-10-13(7(8)9,11-5-2)12-6-3/h7H,4-6H2,1-3H3. The van der Waals surface area contributed by atoms with Crippen molar-refractivity contribution >= 4 is 32.0 Å². The van der Waals surface area contributed by atoms with Crippen molar-refractivity contribution < 1.29 is 13.3 Å². The van der Waals surface area contributed by atoms with E-state index >= 15 is 0 Å². The summed E-state index contributed by atoms with van der Waals surface area (Å²) in [7, 11) is -2.84. The molecule has 0 N–H and O–H groups in total. The maximum Gasteiger partial charge on any atom is 0.535 e. The molecular weight excluding hydrogens is 231 g/mol. The lowest BCUT2D eigenvalue weighted by molar-refractivity contribution is 0.0742. The van der Waals surface area contributed by atoms with Gasteiger partial charge < -0.3 is 13.3 Å². The number of halogens is 2. The van der Waals surface area contributed by atoms with Gasteiger partial charge in [-0.05, 0) is 20.8 Å². The fourth-order valence-electron chi connectivity index (χ4n) is 0.918. The van der Waals surface area contributed by atoms with E-state index in [1.807, 2.05) is 20.8 Å². The van der Waals surface area contributed by atoms with Crippen LogP contribution in [0.5, 0.6) is 0 Å². The molecule has 0 fully saturated rings. The maximum atomic E-state index is 5.79. The van der Waals surface area contributed by atoms with Crippen LogP contribution in [0.4, 0.5) is 0 Å². The van der Waals surface area contributed by atoms with Crippen molar-refractivity contribution in [1.29, 1.82) is 0 Å². The molecule has 0 atom stereocenters. The van der Waals surface area contributed by atoms with E-state index in [1.165, 1.54) is 0 Å². The van der Waals surface area contributed by atoms with Crippen molar-refractivity contribution in [3.63, 3.8) is 0 Å². The third kappa shape index (κ3) is 4.14. The molecule has 0 aromatic carbocycles. The van der Waals surface area contributed by atoms with E-state index in [-0.39, 0.29) is 0 Å². The highest BCUT2D eigenvalue weighted by Gasteiger charge is 2.48. The molecule has 0 aliphatic rings. The third-order valence-electron chi connectivity index (χ3n) is 1.30. The van der Waals surface area contributed by atoms with Crippen molar-refractivity contribution in [2.45, 2.75) is 25.2 Å². The van der Waals surface area contributed by atoms with Gasteiger partial charge in [0.05, 0.1) is 0 Å². The predicted octanol–water partition coefficient (Wildman–Crippen LogP) is 2.38. The molecule has 0 radical (unpaired) electrons. The summed E-state index contributed by atoms with van der Waals surface area (Å²) < 4.78 is 15.5. The van der Waals surface area contributed by atoms with Crippen molar-refractivity contribution in [3.05, 3.63) is 0 Å². The highest BCUT2D eigenvalue weighted by Crippen LogP contribution is 2.22. The van der Waals surface area contributed by atoms with Gasteiger partial charge in [0.1, 0.15) is 0 Å². The largest absolute Gasteiger partial charge is 0.535 e. The summed E-state index contributed by atoms with van der Waals surface area (Å²) in [6.07, 6.45) is 0. The first kappa shape index (κ1) is 13.7. The Kier molecular flexibility index (Phi) is 7.40. The van der Waals surface area contributed by atoms with Crippen LogP contribution in [0.15, 0.2) is 0 Å². The molecule has 0 bridgehead atoms. The fraction of sp³-hybridized carbons (Fsp3) is 1.00. The predicted molar refractivity (Wildman–Crippen MR) is 56.1 cm³/mol. The molecule has 0 saturated heterocycles. The van der Waals surface area contributed by atoms with E-state index in [1.54, 1.807) is 0 Å². The second kappa shape index (κ2) is 7.03. The highest BCUT2D eigenvalue weighted by atomic mass is 35.5. The molecule has 6 heteroatoms. The number of rotatable bonds is 7. The van der Waals surface area contributed by atoms with Gasteiger partial charge >= 0.3 is 8.80 Å². The molecule has 13 heavy (non-hydrogen) atoms. The normalized spacial score (nSPS) is 12.5. The summed E-state index contributed by atoms with van der Waals surface area (Å²) in [6, 6.07) is 0. The Morgan fingerprint density at radius 3 is 1.38 bits per heavy atom. The molecule has 0 heterocycles. The van der Waals surface area contributed by atoms with Gasteiger partial charge in [0.25, 0.3) is 0 Å². The quantitative estimate of drug-likeness (QED) is 0.510. The van der Waals surface area contributed by atoms with Crippen molar-refractivity contribution in [3.8, 4) is 0 Å². The minimum atomic E-state index is -2.84. The SMILES string of the molecule is CCO[Si](OCC)(OCC)C(Cl)Cl. The first-order chi connectivity index (χ1) is 6.13. The van der Waals surface area contributed by atoms with Gasteiger partial charge in [0.2, 0.25) is 0 Å². The molecule has 3 nitrogen and oxygen atoms in total. The third-order valence-corrected chi connectivity index (χ3v) is 5.52.